The first-order valence-corrected chi connectivity index (χ1v) is 11.6. The number of carbonyl (C=O) groups is 1. The number of halogens is 5. The summed E-state index contributed by atoms with van der Waals surface area (Å²) < 4.78 is 76.9. The number of ether oxygens (including phenoxy) is 1. The Morgan fingerprint density at radius 1 is 1.08 bits per heavy atom. The van der Waals surface area contributed by atoms with Crippen LogP contribution in [-0.4, -0.2) is 25.5 Å². The van der Waals surface area contributed by atoms with Gasteiger partial charge in [0.1, 0.15) is 29.4 Å². The first-order chi connectivity index (χ1) is 18.2. The number of aromatic nitrogens is 4. The third kappa shape index (κ3) is 4.46. The molecule has 0 saturated heterocycles. The number of allylic oxidation sites excluding steroid dienone is 1. The molecule has 196 valence electrons. The van der Waals surface area contributed by atoms with Gasteiger partial charge in [0.15, 0.2) is 23.1 Å². The predicted molar refractivity (Wildman–Crippen MR) is 128 cm³/mol. The van der Waals surface area contributed by atoms with Gasteiger partial charge in [0.05, 0.1) is 11.4 Å². The fourth-order valence-corrected chi connectivity index (χ4v) is 4.77. The average Bonchev–Trinajstić information content (AvgIpc) is 3.51. The molecule has 0 bridgehead atoms. The number of benzene rings is 2. The Bertz CT molecular complexity index is 1560. The van der Waals surface area contributed by atoms with Crippen LogP contribution in [0.25, 0.3) is 22.3 Å². The van der Waals surface area contributed by atoms with Crippen LogP contribution in [0.2, 0.25) is 0 Å². The highest BCUT2D eigenvalue weighted by molar-refractivity contribution is 5.98. The number of fused-ring (bicyclic) bond motifs is 1. The molecule has 12 heteroatoms. The van der Waals surface area contributed by atoms with E-state index in [1.165, 1.54) is 18.5 Å². The number of nitrogen functional groups attached to an aromatic ring is 1. The fourth-order valence-electron chi connectivity index (χ4n) is 4.77. The molecule has 0 aliphatic heterocycles. The Kier molecular flexibility index (Phi) is 6.55. The molecule has 2 heterocycles. The number of carbonyl (C=O) groups excluding carboxylic acids is 1. The monoisotopic (exact) mass is 529 g/mol. The minimum atomic E-state index is -1.76. The molecule has 1 aliphatic carbocycles. The van der Waals surface area contributed by atoms with Gasteiger partial charge in [0.2, 0.25) is 17.4 Å². The first kappa shape index (κ1) is 25.3. The van der Waals surface area contributed by atoms with Crippen LogP contribution < -0.4 is 10.5 Å². The highest BCUT2D eigenvalue weighted by Crippen LogP contribution is 2.41. The second-order valence-electron chi connectivity index (χ2n) is 9.00. The van der Waals surface area contributed by atoms with Crippen LogP contribution in [0.4, 0.5) is 27.8 Å². The lowest BCUT2D eigenvalue weighted by Gasteiger charge is -2.12. The molecule has 38 heavy (non-hydrogen) atoms. The van der Waals surface area contributed by atoms with Crippen LogP contribution in [0.5, 0.6) is 11.5 Å². The van der Waals surface area contributed by atoms with Crippen molar-refractivity contribution in [1.29, 1.82) is 0 Å². The zero-order valence-corrected chi connectivity index (χ0v) is 19.7. The molecular weight excluding hydrogens is 509 g/mol. The van der Waals surface area contributed by atoms with Crippen LogP contribution in [0, 0.1) is 35.0 Å². The van der Waals surface area contributed by atoms with Gasteiger partial charge < -0.3 is 10.5 Å². The molecule has 1 fully saturated rings. The van der Waals surface area contributed by atoms with E-state index in [-0.39, 0.29) is 40.9 Å². The van der Waals surface area contributed by atoms with Crippen molar-refractivity contribution < 1.29 is 31.5 Å². The molecule has 1 aliphatic rings. The first-order valence-electron chi connectivity index (χ1n) is 11.6. The maximum atomic E-state index is 15.3. The van der Waals surface area contributed by atoms with E-state index in [1.54, 1.807) is 4.68 Å². The lowest BCUT2D eigenvalue weighted by Crippen LogP contribution is -2.09. The summed E-state index contributed by atoms with van der Waals surface area (Å²) in [5, 5.41) is 4.89. The Labute approximate surface area is 212 Å². The molecule has 0 radical (unpaired) electrons. The molecule has 7 nitrogen and oxygen atoms in total. The highest BCUT2D eigenvalue weighted by Gasteiger charge is 2.31. The molecule has 5 rings (SSSR count). The number of nitrogens with two attached hydrogens (primary N) is 1. The average molecular weight is 529 g/mol. The van der Waals surface area contributed by atoms with Gasteiger partial charge >= 0.3 is 0 Å². The molecule has 1 saturated carbocycles. The Hall–Kier alpha value is -4.35. The summed E-state index contributed by atoms with van der Waals surface area (Å²) in [7, 11) is 0. The van der Waals surface area contributed by atoms with E-state index in [2.05, 4.69) is 21.6 Å². The summed E-state index contributed by atoms with van der Waals surface area (Å²) >= 11 is 0. The number of hydrogen-bond acceptors (Lipinski definition) is 6. The molecule has 0 amide bonds. The summed E-state index contributed by atoms with van der Waals surface area (Å²) in [6.07, 6.45) is 5.08. The normalized spacial score (nSPS) is 17.2. The molecule has 4 aromatic rings. The van der Waals surface area contributed by atoms with Gasteiger partial charge in [-0.15, -0.1) is 0 Å². The van der Waals surface area contributed by atoms with E-state index in [4.69, 9.17) is 10.5 Å². The molecule has 0 unspecified atom stereocenters. The van der Waals surface area contributed by atoms with Crippen LogP contribution in [0.1, 0.15) is 31.7 Å². The third-order valence-electron chi connectivity index (χ3n) is 6.58. The van der Waals surface area contributed by atoms with E-state index in [0.29, 0.717) is 30.3 Å². The number of nitrogens with zero attached hydrogens (tertiary/aromatic N) is 4. The van der Waals surface area contributed by atoms with Crippen LogP contribution >= 0.6 is 0 Å². The minimum absolute atomic E-state index is 0.0367. The number of rotatable bonds is 7. The van der Waals surface area contributed by atoms with E-state index in [1.807, 2.05) is 0 Å². The summed E-state index contributed by atoms with van der Waals surface area (Å²) in [6.45, 7) is 3.51. The molecule has 2 aromatic heterocycles. The SMILES string of the molecule is C=CC(=O)C[C@@H]1CC[C@@H](n2nc(-c3ccc(Oc4c(F)c(F)cc(F)c4F)cc3F)c3c(N)ncnc32)C1. The number of ketones is 1. The van der Waals surface area contributed by atoms with Gasteiger partial charge in [-0.05, 0) is 43.4 Å². The summed E-state index contributed by atoms with van der Waals surface area (Å²) in [5.74, 6) is -9.34. The highest BCUT2D eigenvalue weighted by atomic mass is 19.2. The van der Waals surface area contributed by atoms with Crippen molar-refractivity contribution in [2.24, 2.45) is 5.92 Å². The number of anilines is 1. The zero-order valence-electron chi connectivity index (χ0n) is 19.7. The predicted octanol–water partition coefficient (Wildman–Crippen LogP) is 6.05. The molecule has 2 N–H and O–H groups in total. The maximum absolute atomic E-state index is 15.3. The van der Waals surface area contributed by atoms with Gasteiger partial charge in [-0.3, -0.25) is 4.79 Å². The van der Waals surface area contributed by atoms with Crippen molar-refractivity contribution in [3.8, 4) is 22.8 Å². The van der Waals surface area contributed by atoms with Crippen LogP contribution in [0.15, 0.2) is 43.2 Å². The minimum Gasteiger partial charge on any atom is -0.451 e. The zero-order chi connectivity index (χ0) is 27.1. The Morgan fingerprint density at radius 3 is 2.50 bits per heavy atom. The van der Waals surface area contributed by atoms with Crippen LogP contribution in [-0.2, 0) is 4.79 Å². The van der Waals surface area contributed by atoms with Gasteiger partial charge in [-0.25, -0.2) is 27.8 Å². The fraction of sp³-hybridized carbons (Fsp3) is 0.231. The van der Waals surface area contributed by atoms with E-state index >= 15 is 4.39 Å². The van der Waals surface area contributed by atoms with Crippen molar-refractivity contribution in [3.63, 3.8) is 0 Å². The van der Waals surface area contributed by atoms with Crippen molar-refractivity contribution in [3.05, 3.63) is 72.3 Å². The molecule has 2 aromatic carbocycles. The second-order valence-corrected chi connectivity index (χ2v) is 9.00. The topological polar surface area (TPSA) is 95.9 Å². The second kappa shape index (κ2) is 9.84. The van der Waals surface area contributed by atoms with Gasteiger partial charge in [0, 0.05) is 24.1 Å². The summed E-state index contributed by atoms with van der Waals surface area (Å²) in [4.78, 5) is 20.1. The summed E-state index contributed by atoms with van der Waals surface area (Å²) in [5.41, 5.74) is 6.57. The molecule has 0 spiro atoms. The maximum Gasteiger partial charge on any atom is 0.204 e. The lowest BCUT2D eigenvalue weighted by atomic mass is 10.0. The summed E-state index contributed by atoms with van der Waals surface area (Å²) in [6, 6.07) is 3.11. The number of hydrogen-bond donors (Lipinski definition) is 1. The van der Waals surface area contributed by atoms with Gasteiger partial charge in [-0.1, -0.05) is 6.58 Å². The largest absolute Gasteiger partial charge is 0.451 e. The van der Waals surface area contributed by atoms with E-state index in [0.717, 1.165) is 18.6 Å². The Balaban J connectivity index is 1.51. The van der Waals surface area contributed by atoms with E-state index < -0.39 is 40.6 Å². The molecular formula is C26H20F5N5O2. The quantitative estimate of drug-likeness (QED) is 0.178. The van der Waals surface area contributed by atoms with Gasteiger partial charge in [0.25, 0.3) is 0 Å². The van der Waals surface area contributed by atoms with E-state index in [9.17, 15) is 22.4 Å². The van der Waals surface area contributed by atoms with Crippen molar-refractivity contribution in [1.82, 2.24) is 19.7 Å². The van der Waals surface area contributed by atoms with Crippen LogP contribution in [0.3, 0.4) is 0 Å². The van der Waals surface area contributed by atoms with Crippen molar-refractivity contribution >= 4 is 22.6 Å². The third-order valence-corrected chi connectivity index (χ3v) is 6.58. The standard InChI is InChI=1S/C26H20F5N5O2/c1-2-14(37)8-12-3-4-13(7-12)36-26-20(25(32)33-11-34-26)23(35-36)16-6-5-15(9-17(16)27)38-24-21(30)18(28)10-19(29)22(24)31/h2,5-6,9-13H,1,3-4,7-8H2,(H2,32,33,34)/t12-,13-/m1/s1. The lowest BCUT2D eigenvalue weighted by molar-refractivity contribution is -0.115. The van der Waals surface area contributed by atoms with Gasteiger partial charge in [-0.2, -0.15) is 13.9 Å². The van der Waals surface area contributed by atoms with Crippen molar-refractivity contribution in [2.75, 3.05) is 5.73 Å². The van der Waals surface area contributed by atoms with Crippen molar-refractivity contribution in [2.45, 2.75) is 31.7 Å². The Morgan fingerprint density at radius 2 is 1.82 bits per heavy atom. The smallest absolute Gasteiger partial charge is 0.204 e. The molecule has 2 atom stereocenters.